The number of aromatic hydroxyl groups is 1. The van der Waals surface area contributed by atoms with Gasteiger partial charge in [0.05, 0.1) is 17.4 Å². The summed E-state index contributed by atoms with van der Waals surface area (Å²) in [5.74, 6) is -3.42. The van der Waals surface area contributed by atoms with Crippen LogP contribution in [0.4, 0.5) is 0 Å². The van der Waals surface area contributed by atoms with Crippen molar-refractivity contribution in [3.63, 3.8) is 0 Å². The van der Waals surface area contributed by atoms with E-state index in [-0.39, 0.29) is 22.3 Å². The van der Waals surface area contributed by atoms with E-state index in [9.17, 15) is 24.3 Å². The molecule has 0 amide bonds. The zero-order valence-electron chi connectivity index (χ0n) is 15.0. The highest BCUT2D eigenvalue weighted by atomic mass is 16.4. The molecular weight excluding hydrogens is 348 g/mol. The third-order valence-corrected chi connectivity index (χ3v) is 4.67. The summed E-state index contributed by atoms with van der Waals surface area (Å²) < 4.78 is 5.63. The molecule has 0 spiro atoms. The number of hydrogen-bond donors (Lipinski definition) is 1. The van der Waals surface area contributed by atoms with Gasteiger partial charge in [0.25, 0.3) is 0 Å². The Balaban J connectivity index is 2.04. The molecule has 2 aromatic rings. The van der Waals surface area contributed by atoms with Crippen LogP contribution in [-0.4, -0.2) is 22.5 Å². The van der Waals surface area contributed by atoms with Crippen LogP contribution in [0, 0.1) is 0 Å². The van der Waals surface area contributed by atoms with Gasteiger partial charge in [0.1, 0.15) is 5.58 Å². The van der Waals surface area contributed by atoms with Crippen molar-refractivity contribution >= 4 is 33.9 Å². The summed E-state index contributed by atoms with van der Waals surface area (Å²) in [4.78, 5) is 47.6. The lowest BCUT2D eigenvalue weighted by Gasteiger charge is -2.12. The first-order valence-corrected chi connectivity index (χ1v) is 9.03. The van der Waals surface area contributed by atoms with E-state index in [4.69, 9.17) is 4.42 Å². The van der Waals surface area contributed by atoms with E-state index in [1.165, 1.54) is 0 Å². The number of ketones is 3. The second-order valence-corrected chi connectivity index (χ2v) is 6.70. The summed E-state index contributed by atoms with van der Waals surface area (Å²) in [5, 5.41) is 10.4. The minimum absolute atomic E-state index is 0.194. The van der Waals surface area contributed by atoms with Crippen LogP contribution in [0.15, 0.2) is 33.5 Å². The van der Waals surface area contributed by atoms with Gasteiger partial charge in [0.15, 0.2) is 11.5 Å². The Kier molecular flexibility index (Phi) is 5.35. The fourth-order valence-corrected chi connectivity index (χ4v) is 3.13. The lowest BCUT2D eigenvalue weighted by molar-refractivity contribution is -0.136. The van der Waals surface area contributed by atoms with E-state index in [1.807, 2.05) is 6.07 Å². The molecule has 0 radical (unpaired) electrons. The van der Waals surface area contributed by atoms with Gasteiger partial charge in [0, 0.05) is 6.08 Å². The van der Waals surface area contributed by atoms with Gasteiger partial charge in [-0.25, -0.2) is 0 Å². The van der Waals surface area contributed by atoms with Crippen LogP contribution >= 0.6 is 0 Å². The van der Waals surface area contributed by atoms with E-state index in [0.717, 1.165) is 43.7 Å². The lowest BCUT2D eigenvalue weighted by atomic mass is 9.93. The highest BCUT2D eigenvalue weighted by Crippen LogP contribution is 2.30. The normalized spacial score (nSPS) is 14.7. The van der Waals surface area contributed by atoms with Gasteiger partial charge in [-0.05, 0) is 30.5 Å². The number of Topliss-reactive ketones (excluding diaryl/α,β-unsaturated/α-hetero) is 2. The summed E-state index contributed by atoms with van der Waals surface area (Å²) in [6, 6.07) is 5.12. The van der Waals surface area contributed by atoms with E-state index >= 15 is 0 Å². The standard InChI is InChI=1S/C21H20O6/c1-2-3-4-5-6-12-7-8-13-18(9-12)27-21(20(26)19(13)25)14-10-16(23)17(24)11-15(14)22/h7-10,26H,2-6,11H2,1H3. The Labute approximate surface area is 155 Å². The zero-order valence-corrected chi connectivity index (χ0v) is 15.0. The number of hydrogen-bond acceptors (Lipinski definition) is 6. The SMILES string of the molecule is CCCCCCc1ccc2c(=O)c(O)c(C3=CC(=O)C(=O)CC3=O)oc2c1. The molecular formula is C21H20O6. The molecule has 0 atom stereocenters. The van der Waals surface area contributed by atoms with Gasteiger partial charge in [0.2, 0.25) is 22.7 Å². The van der Waals surface area contributed by atoms with Crippen LogP contribution in [-0.2, 0) is 20.8 Å². The summed E-state index contributed by atoms with van der Waals surface area (Å²) >= 11 is 0. The largest absolute Gasteiger partial charge is 0.502 e. The molecule has 0 fully saturated rings. The fraction of sp³-hybridized carbons (Fsp3) is 0.333. The van der Waals surface area contributed by atoms with Crippen LogP contribution < -0.4 is 5.43 Å². The van der Waals surface area contributed by atoms with Crippen LogP contribution in [0.2, 0.25) is 0 Å². The summed E-state index contributed by atoms with van der Waals surface area (Å²) in [5.41, 5.74) is 0.290. The molecule has 1 aliphatic carbocycles. The predicted octanol–water partition coefficient (Wildman–Crippen LogP) is 3.12. The van der Waals surface area contributed by atoms with Gasteiger partial charge in [-0.1, -0.05) is 32.3 Å². The number of aryl methyl sites for hydroxylation is 1. The zero-order chi connectivity index (χ0) is 19.6. The third kappa shape index (κ3) is 3.74. The van der Waals surface area contributed by atoms with Crippen molar-refractivity contribution in [1.29, 1.82) is 0 Å². The molecule has 1 aromatic carbocycles. The van der Waals surface area contributed by atoms with E-state index in [0.29, 0.717) is 0 Å². The molecule has 1 aromatic heterocycles. The quantitative estimate of drug-likeness (QED) is 0.477. The minimum Gasteiger partial charge on any atom is -0.502 e. The van der Waals surface area contributed by atoms with Crippen LogP contribution in [0.1, 0.15) is 50.4 Å². The van der Waals surface area contributed by atoms with Crippen molar-refractivity contribution in [2.45, 2.75) is 45.4 Å². The number of rotatable bonds is 6. The molecule has 0 bridgehead atoms. The van der Waals surface area contributed by atoms with Gasteiger partial charge in [-0.15, -0.1) is 0 Å². The van der Waals surface area contributed by atoms with E-state index in [2.05, 4.69) is 6.92 Å². The highest BCUT2D eigenvalue weighted by Gasteiger charge is 2.31. The molecule has 140 valence electrons. The molecule has 1 aliphatic rings. The summed E-state index contributed by atoms with van der Waals surface area (Å²) in [7, 11) is 0. The van der Waals surface area contributed by atoms with Gasteiger partial charge >= 0.3 is 0 Å². The van der Waals surface area contributed by atoms with E-state index < -0.39 is 34.9 Å². The molecule has 6 heteroatoms. The maximum atomic E-state index is 12.5. The number of carbonyl (C=O) groups excluding carboxylic acids is 3. The van der Waals surface area contributed by atoms with Gasteiger partial charge in [-0.2, -0.15) is 0 Å². The molecule has 0 aliphatic heterocycles. The second kappa shape index (κ2) is 7.70. The molecule has 27 heavy (non-hydrogen) atoms. The molecule has 1 heterocycles. The third-order valence-electron chi connectivity index (χ3n) is 4.67. The number of allylic oxidation sites excluding steroid dienone is 2. The molecule has 0 unspecified atom stereocenters. The smallest absolute Gasteiger partial charge is 0.235 e. The molecule has 0 saturated heterocycles. The predicted molar refractivity (Wildman–Crippen MR) is 99.6 cm³/mol. The van der Waals surface area contributed by atoms with Crippen molar-refractivity contribution in [2.75, 3.05) is 0 Å². The lowest BCUT2D eigenvalue weighted by Crippen LogP contribution is -2.23. The fourth-order valence-electron chi connectivity index (χ4n) is 3.13. The average molecular weight is 368 g/mol. The van der Waals surface area contributed by atoms with Crippen LogP contribution in [0.3, 0.4) is 0 Å². The van der Waals surface area contributed by atoms with Crippen molar-refractivity contribution in [3.8, 4) is 5.75 Å². The van der Waals surface area contributed by atoms with Gasteiger partial charge in [-0.3, -0.25) is 19.2 Å². The maximum absolute atomic E-state index is 12.5. The van der Waals surface area contributed by atoms with Gasteiger partial charge < -0.3 is 9.52 Å². The summed E-state index contributed by atoms with van der Waals surface area (Å²) in [6.07, 6.45) is 5.47. The topological polar surface area (TPSA) is 102 Å². The highest BCUT2D eigenvalue weighted by molar-refractivity contribution is 6.53. The molecule has 3 rings (SSSR count). The monoisotopic (exact) mass is 368 g/mol. The number of unbranched alkanes of at least 4 members (excludes halogenated alkanes) is 3. The van der Waals surface area contributed by atoms with Crippen molar-refractivity contribution < 1.29 is 23.9 Å². The summed E-state index contributed by atoms with van der Waals surface area (Å²) in [6.45, 7) is 2.14. The minimum atomic E-state index is -0.851. The maximum Gasteiger partial charge on any atom is 0.235 e. The Hall–Kier alpha value is -3.02. The Morgan fingerprint density at radius 3 is 2.56 bits per heavy atom. The van der Waals surface area contributed by atoms with Crippen molar-refractivity contribution in [1.82, 2.24) is 0 Å². The average Bonchev–Trinajstić information content (AvgIpc) is 2.65. The Morgan fingerprint density at radius 2 is 1.81 bits per heavy atom. The van der Waals surface area contributed by atoms with E-state index in [1.54, 1.807) is 12.1 Å². The molecule has 0 saturated carbocycles. The van der Waals surface area contributed by atoms with Crippen LogP contribution in [0.25, 0.3) is 16.5 Å². The first-order chi connectivity index (χ1) is 12.9. The number of carbonyl (C=O) groups is 3. The van der Waals surface area contributed by atoms with Crippen molar-refractivity contribution in [2.24, 2.45) is 0 Å². The molecule has 1 N–H and O–H groups in total. The molecule has 6 nitrogen and oxygen atoms in total. The Morgan fingerprint density at radius 1 is 1.04 bits per heavy atom. The second-order valence-electron chi connectivity index (χ2n) is 6.70. The first-order valence-electron chi connectivity index (χ1n) is 9.03. The van der Waals surface area contributed by atoms with Crippen molar-refractivity contribution in [3.05, 3.63) is 45.8 Å². The number of benzene rings is 1. The van der Waals surface area contributed by atoms with Crippen LogP contribution in [0.5, 0.6) is 5.75 Å². The Bertz CT molecular complexity index is 1020. The first kappa shape index (κ1) is 18.8. The number of fused-ring (bicyclic) bond motifs is 1.